The Balaban J connectivity index is 1.85. The van der Waals surface area contributed by atoms with Crippen molar-refractivity contribution in [2.45, 2.75) is 6.42 Å². The molecule has 4 aromatic rings. The summed E-state index contributed by atoms with van der Waals surface area (Å²) in [5.74, 6) is -1.57. The second-order valence-corrected chi connectivity index (χ2v) is 8.02. The van der Waals surface area contributed by atoms with Crippen LogP contribution in [0.4, 0.5) is 4.39 Å². The smallest absolute Gasteiger partial charge is 0.259 e. The normalized spacial score (nSPS) is 13.1. The van der Waals surface area contributed by atoms with Crippen LogP contribution in [0, 0.1) is 5.82 Å². The lowest BCUT2D eigenvalue weighted by molar-refractivity contribution is 0.0880. The fourth-order valence-corrected chi connectivity index (χ4v) is 4.53. The number of ether oxygens (including phenoxy) is 1. The molecule has 0 fully saturated rings. The SMILES string of the molecule is Cn1c2cc(OCCCO)c(F)cc2c2c3c(c(-c4ccccc4Cl)cc21)C(=O)NC3=O. The molecule has 6 nitrogen and oxygen atoms in total. The number of aliphatic hydroxyl groups is 1. The van der Waals surface area contributed by atoms with E-state index in [2.05, 4.69) is 5.32 Å². The highest BCUT2D eigenvalue weighted by molar-refractivity contribution is 6.36. The number of carbonyl (C=O) groups is 2. The number of aliphatic hydroxyl groups excluding tert-OH is 1. The molecule has 2 heterocycles. The molecule has 1 aromatic heterocycles. The molecular weight excluding hydrogens is 435 g/mol. The molecule has 0 bridgehead atoms. The van der Waals surface area contributed by atoms with Gasteiger partial charge in [-0.3, -0.25) is 14.9 Å². The van der Waals surface area contributed by atoms with Crippen LogP contribution in [0.2, 0.25) is 5.02 Å². The molecule has 0 saturated heterocycles. The summed E-state index contributed by atoms with van der Waals surface area (Å²) in [5, 5.41) is 12.8. The van der Waals surface area contributed by atoms with E-state index in [4.69, 9.17) is 21.4 Å². The summed E-state index contributed by atoms with van der Waals surface area (Å²) in [6.45, 7) is 0.115. The number of aromatic nitrogens is 1. The maximum atomic E-state index is 14.8. The predicted octanol–water partition coefficient (Wildman–Crippen LogP) is 4.44. The first-order valence-corrected chi connectivity index (χ1v) is 10.4. The molecule has 1 aliphatic rings. The van der Waals surface area contributed by atoms with E-state index in [9.17, 15) is 14.0 Å². The monoisotopic (exact) mass is 452 g/mol. The average Bonchev–Trinajstić information content (AvgIpc) is 3.21. The lowest BCUT2D eigenvalue weighted by atomic mass is 9.93. The minimum absolute atomic E-state index is 0.0559. The molecule has 8 heteroatoms. The van der Waals surface area contributed by atoms with Crippen LogP contribution < -0.4 is 10.1 Å². The van der Waals surface area contributed by atoms with E-state index < -0.39 is 17.6 Å². The van der Waals surface area contributed by atoms with Crippen LogP contribution in [0.25, 0.3) is 32.9 Å². The molecular formula is C24H18ClFN2O4. The van der Waals surface area contributed by atoms with Gasteiger partial charge in [0, 0.05) is 47.5 Å². The van der Waals surface area contributed by atoms with Crippen molar-refractivity contribution >= 4 is 45.2 Å². The summed E-state index contributed by atoms with van der Waals surface area (Å²) in [7, 11) is 1.80. The molecule has 2 amide bonds. The zero-order valence-corrected chi connectivity index (χ0v) is 17.8. The highest BCUT2D eigenvalue weighted by Crippen LogP contribution is 2.42. The van der Waals surface area contributed by atoms with Crippen LogP contribution in [0.5, 0.6) is 5.75 Å². The average molecular weight is 453 g/mol. The quantitative estimate of drug-likeness (QED) is 0.346. The third-order valence-electron chi connectivity index (χ3n) is 5.75. The van der Waals surface area contributed by atoms with E-state index in [1.54, 1.807) is 43.4 Å². The first-order chi connectivity index (χ1) is 15.4. The van der Waals surface area contributed by atoms with Crippen molar-refractivity contribution in [1.82, 2.24) is 9.88 Å². The Morgan fingerprint density at radius 1 is 1.06 bits per heavy atom. The first-order valence-electron chi connectivity index (χ1n) is 10.0. The topological polar surface area (TPSA) is 80.6 Å². The fourth-order valence-electron chi connectivity index (χ4n) is 4.30. The van der Waals surface area contributed by atoms with Crippen molar-refractivity contribution in [3.63, 3.8) is 0 Å². The van der Waals surface area contributed by atoms with Crippen LogP contribution >= 0.6 is 11.6 Å². The van der Waals surface area contributed by atoms with E-state index in [0.717, 1.165) is 0 Å². The Labute approximate surface area is 187 Å². The van der Waals surface area contributed by atoms with E-state index in [1.165, 1.54) is 6.07 Å². The number of fused-ring (bicyclic) bond motifs is 5. The van der Waals surface area contributed by atoms with Crippen LogP contribution in [0.15, 0.2) is 42.5 Å². The molecule has 32 heavy (non-hydrogen) atoms. The van der Waals surface area contributed by atoms with Crippen molar-refractivity contribution in [3.8, 4) is 16.9 Å². The van der Waals surface area contributed by atoms with E-state index in [0.29, 0.717) is 44.4 Å². The van der Waals surface area contributed by atoms with Crippen LogP contribution in [0.3, 0.4) is 0 Å². The molecule has 5 rings (SSSR count). The van der Waals surface area contributed by atoms with Gasteiger partial charge in [-0.15, -0.1) is 0 Å². The summed E-state index contributed by atoms with van der Waals surface area (Å²) in [4.78, 5) is 25.6. The van der Waals surface area contributed by atoms with Crippen molar-refractivity contribution in [2.24, 2.45) is 7.05 Å². The zero-order chi connectivity index (χ0) is 22.6. The number of imide groups is 1. The summed E-state index contributed by atoms with van der Waals surface area (Å²) in [6.07, 6.45) is 0.379. The van der Waals surface area contributed by atoms with E-state index >= 15 is 0 Å². The first kappa shape index (κ1) is 20.5. The lowest BCUT2D eigenvalue weighted by Gasteiger charge is -2.10. The van der Waals surface area contributed by atoms with Crippen molar-refractivity contribution < 1.29 is 23.8 Å². The Hall–Kier alpha value is -3.42. The molecule has 0 unspecified atom stereocenters. The minimum atomic E-state index is -0.586. The molecule has 0 aliphatic carbocycles. The summed E-state index contributed by atoms with van der Waals surface area (Å²) >= 11 is 6.41. The minimum Gasteiger partial charge on any atom is -0.490 e. The van der Waals surface area contributed by atoms with Gasteiger partial charge in [0.15, 0.2) is 11.6 Å². The van der Waals surface area contributed by atoms with Crippen LogP contribution in [-0.4, -0.2) is 34.7 Å². The standard InChI is InChI=1S/C24H18ClFN2O4/c1-28-17-11-19(32-8-4-7-29)16(26)9-14(17)20-18(28)10-13(12-5-2-3-6-15(12)25)21-22(20)24(31)27-23(21)30/h2-3,5-6,9-11,29H,4,7-8H2,1H3,(H,27,30,31). The maximum absolute atomic E-state index is 14.8. The number of nitrogens with one attached hydrogen (secondary N) is 1. The Kier molecular flexibility index (Phi) is 4.87. The second-order valence-electron chi connectivity index (χ2n) is 7.62. The molecule has 0 radical (unpaired) electrons. The molecule has 0 atom stereocenters. The summed E-state index contributed by atoms with van der Waals surface area (Å²) < 4.78 is 22.1. The molecule has 2 N–H and O–H groups in total. The van der Waals surface area contributed by atoms with Gasteiger partial charge in [-0.1, -0.05) is 29.8 Å². The van der Waals surface area contributed by atoms with Crippen molar-refractivity contribution in [1.29, 1.82) is 0 Å². The summed E-state index contributed by atoms with van der Waals surface area (Å²) in [6, 6.07) is 11.8. The number of benzene rings is 3. The highest BCUT2D eigenvalue weighted by atomic mass is 35.5. The van der Waals surface area contributed by atoms with Crippen molar-refractivity contribution in [3.05, 3.63) is 64.4 Å². The highest BCUT2D eigenvalue weighted by Gasteiger charge is 2.34. The van der Waals surface area contributed by atoms with Crippen LogP contribution in [-0.2, 0) is 7.05 Å². The third kappa shape index (κ3) is 2.97. The second kappa shape index (κ2) is 7.62. The van der Waals surface area contributed by atoms with Gasteiger partial charge in [0.25, 0.3) is 11.8 Å². The predicted molar refractivity (Wildman–Crippen MR) is 120 cm³/mol. The molecule has 0 saturated carbocycles. The van der Waals surface area contributed by atoms with E-state index in [1.807, 2.05) is 4.57 Å². The van der Waals surface area contributed by atoms with Gasteiger partial charge in [0.05, 0.1) is 28.8 Å². The van der Waals surface area contributed by atoms with Gasteiger partial charge >= 0.3 is 0 Å². The van der Waals surface area contributed by atoms with Gasteiger partial charge < -0.3 is 14.4 Å². The van der Waals surface area contributed by atoms with Gasteiger partial charge in [-0.25, -0.2) is 4.39 Å². The maximum Gasteiger partial charge on any atom is 0.259 e. The molecule has 162 valence electrons. The van der Waals surface area contributed by atoms with Gasteiger partial charge in [0.1, 0.15) is 0 Å². The van der Waals surface area contributed by atoms with Gasteiger partial charge in [-0.2, -0.15) is 0 Å². The number of aryl methyl sites for hydroxylation is 1. The molecule has 0 spiro atoms. The largest absolute Gasteiger partial charge is 0.490 e. The Bertz CT molecular complexity index is 1440. The number of nitrogens with zero attached hydrogens (tertiary/aromatic N) is 1. The van der Waals surface area contributed by atoms with Crippen LogP contribution in [0.1, 0.15) is 27.1 Å². The number of halogens is 2. The third-order valence-corrected chi connectivity index (χ3v) is 6.08. The number of hydrogen-bond acceptors (Lipinski definition) is 4. The molecule has 1 aliphatic heterocycles. The number of hydrogen-bond donors (Lipinski definition) is 2. The number of amides is 2. The zero-order valence-electron chi connectivity index (χ0n) is 17.0. The van der Waals surface area contributed by atoms with Crippen molar-refractivity contribution in [2.75, 3.05) is 13.2 Å². The van der Waals surface area contributed by atoms with Gasteiger partial charge in [0.2, 0.25) is 0 Å². The lowest BCUT2D eigenvalue weighted by Crippen LogP contribution is -2.20. The van der Waals surface area contributed by atoms with Gasteiger partial charge in [-0.05, 0) is 23.8 Å². The summed E-state index contributed by atoms with van der Waals surface area (Å²) in [5.41, 5.74) is 2.90. The fraction of sp³-hybridized carbons (Fsp3) is 0.167. The number of rotatable bonds is 5. The molecule has 3 aromatic carbocycles. The Morgan fingerprint density at radius 2 is 1.81 bits per heavy atom. The van der Waals surface area contributed by atoms with E-state index in [-0.39, 0.29) is 30.1 Å². The number of carbonyl (C=O) groups excluding carboxylic acids is 2. The Morgan fingerprint density at radius 3 is 2.56 bits per heavy atom.